The molecule has 15 heavy (non-hydrogen) atoms. The number of aromatic nitrogens is 4. The van der Waals surface area contributed by atoms with E-state index >= 15 is 0 Å². The van der Waals surface area contributed by atoms with Crippen molar-refractivity contribution in [3.8, 4) is 0 Å². The van der Waals surface area contributed by atoms with E-state index in [2.05, 4.69) is 25.5 Å². The zero-order chi connectivity index (χ0) is 10.7. The van der Waals surface area contributed by atoms with Crippen molar-refractivity contribution < 1.29 is 4.79 Å². The first-order valence-electron chi connectivity index (χ1n) is 4.35. The molecule has 0 fully saturated rings. The number of carbonyl (C=O) groups excluding carboxylic acids is 1. The quantitative estimate of drug-likeness (QED) is 0.754. The van der Waals surface area contributed by atoms with E-state index in [0.29, 0.717) is 11.5 Å². The Balaban J connectivity index is 2.13. The van der Waals surface area contributed by atoms with E-state index in [0.717, 1.165) is 5.69 Å². The lowest BCUT2D eigenvalue weighted by Crippen LogP contribution is -2.13. The van der Waals surface area contributed by atoms with Gasteiger partial charge in [0, 0.05) is 18.0 Å². The summed E-state index contributed by atoms with van der Waals surface area (Å²) in [5, 5.41) is 8.87. The fourth-order valence-corrected chi connectivity index (χ4v) is 1.09. The number of anilines is 1. The molecule has 1 amide bonds. The Hall–Kier alpha value is -2.24. The molecular formula is C9H9N5O. The minimum absolute atomic E-state index is 0.273. The van der Waals surface area contributed by atoms with Crippen LogP contribution in [0.2, 0.25) is 0 Å². The van der Waals surface area contributed by atoms with Crippen LogP contribution in [0.5, 0.6) is 0 Å². The minimum Gasteiger partial charge on any atom is -0.305 e. The van der Waals surface area contributed by atoms with Crippen LogP contribution in [0.1, 0.15) is 16.2 Å². The van der Waals surface area contributed by atoms with Crippen LogP contribution in [-0.2, 0) is 0 Å². The molecule has 0 unspecified atom stereocenters. The molecule has 0 radical (unpaired) electrons. The summed E-state index contributed by atoms with van der Waals surface area (Å²) in [6, 6.07) is 3.28. The van der Waals surface area contributed by atoms with Crippen molar-refractivity contribution in [1.29, 1.82) is 0 Å². The van der Waals surface area contributed by atoms with Crippen LogP contribution in [0.25, 0.3) is 0 Å². The summed E-state index contributed by atoms with van der Waals surface area (Å²) in [6.45, 7) is 1.83. The van der Waals surface area contributed by atoms with Crippen molar-refractivity contribution >= 4 is 11.7 Å². The van der Waals surface area contributed by atoms with Crippen LogP contribution >= 0.6 is 0 Å². The van der Waals surface area contributed by atoms with Gasteiger partial charge in [0.25, 0.3) is 5.91 Å². The number of nitrogens with zero attached hydrogens (tertiary/aromatic N) is 3. The van der Waals surface area contributed by atoms with Gasteiger partial charge in [-0.3, -0.25) is 9.89 Å². The van der Waals surface area contributed by atoms with Crippen molar-refractivity contribution in [3.05, 3.63) is 36.0 Å². The number of amides is 1. The molecule has 0 aromatic carbocycles. The Morgan fingerprint density at radius 2 is 2.33 bits per heavy atom. The number of hydrogen-bond donors (Lipinski definition) is 2. The predicted molar refractivity (Wildman–Crippen MR) is 53.3 cm³/mol. The zero-order valence-corrected chi connectivity index (χ0v) is 8.06. The molecule has 0 aliphatic heterocycles. The highest BCUT2D eigenvalue weighted by molar-refractivity contribution is 6.02. The van der Waals surface area contributed by atoms with E-state index < -0.39 is 0 Å². The average molecular weight is 203 g/mol. The number of aryl methyl sites for hydroxylation is 1. The largest absolute Gasteiger partial charge is 0.305 e. The van der Waals surface area contributed by atoms with Crippen molar-refractivity contribution in [3.63, 3.8) is 0 Å². The van der Waals surface area contributed by atoms with Crippen LogP contribution in [0, 0.1) is 6.92 Å². The molecule has 2 aromatic heterocycles. The van der Waals surface area contributed by atoms with Crippen molar-refractivity contribution in [2.45, 2.75) is 6.92 Å². The first-order chi connectivity index (χ1) is 7.25. The van der Waals surface area contributed by atoms with Gasteiger partial charge in [0.1, 0.15) is 17.8 Å². The third-order valence-corrected chi connectivity index (χ3v) is 1.79. The molecule has 6 heteroatoms. The molecule has 0 atom stereocenters. The summed E-state index contributed by atoms with van der Waals surface area (Å²) >= 11 is 0. The number of H-pyrrole nitrogens is 1. The molecule has 0 saturated carbocycles. The number of hydrogen-bond acceptors (Lipinski definition) is 4. The SMILES string of the molecule is Cc1cc(NC(=O)c2ccn[nH]2)ncn1. The Kier molecular flexibility index (Phi) is 2.40. The summed E-state index contributed by atoms with van der Waals surface area (Å²) in [7, 11) is 0. The fraction of sp³-hybridized carbons (Fsp3) is 0.111. The van der Waals surface area contributed by atoms with Crippen LogP contribution < -0.4 is 5.32 Å². The van der Waals surface area contributed by atoms with Gasteiger partial charge in [-0.25, -0.2) is 9.97 Å². The molecule has 76 valence electrons. The van der Waals surface area contributed by atoms with E-state index in [1.807, 2.05) is 6.92 Å². The number of aromatic amines is 1. The topological polar surface area (TPSA) is 83.6 Å². The first-order valence-corrected chi connectivity index (χ1v) is 4.35. The van der Waals surface area contributed by atoms with Crippen LogP contribution in [0.3, 0.4) is 0 Å². The van der Waals surface area contributed by atoms with Crippen LogP contribution in [0.15, 0.2) is 24.7 Å². The number of carbonyl (C=O) groups is 1. The summed E-state index contributed by atoms with van der Waals surface area (Å²) in [6.07, 6.45) is 2.91. The number of rotatable bonds is 2. The van der Waals surface area contributed by atoms with Crippen LogP contribution in [-0.4, -0.2) is 26.1 Å². The lowest BCUT2D eigenvalue weighted by molar-refractivity contribution is 0.102. The first kappa shape index (κ1) is 9.32. The molecule has 2 rings (SSSR count). The van der Waals surface area contributed by atoms with Crippen molar-refractivity contribution in [2.24, 2.45) is 0 Å². The molecule has 0 aliphatic rings. The van der Waals surface area contributed by atoms with E-state index in [4.69, 9.17) is 0 Å². The van der Waals surface area contributed by atoms with Gasteiger partial charge in [0.15, 0.2) is 0 Å². The van der Waals surface area contributed by atoms with E-state index in [-0.39, 0.29) is 5.91 Å². The molecule has 2 aromatic rings. The molecule has 2 heterocycles. The van der Waals surface area contributed by atoms with Gasteiger partial charge in [-0.15, -0.1) is 0 Å². The molecule has 0 spiro atoms. The predicted octanol–water partition coefficient (Wildman–Crippen LogP) is 0.760. The van der Waals surface area contributed by atoms with Gasteiger partial charge >= 0.3 is 0 Å². The van der Waals surface area contributed by atoms with E-state index in [1.54, 1.807) is 12.1 Å². The van der Waals surface area contributed by atoms with Gasteiger partial charge in [0.05, 0.1) is 0 Å². The molecule has 0 saturated heterocycles. The van der Waals surface area contributed by atoms with Gasteiger partial charge in [-0.05, 0) is 13.0 Å². The second-order valence-electron chi connectivity index (χ2n) is 2.97. The Labute approximate surface area is 85.8 Å². The molecule has 0 aliphatic carbocycles. The average Bonchev–Trinajstić information content (AvgIpc) is 2.70. The van der Waals surface area contributed by atoms with E-state index in [1.165, 1.54) is 12.5 Å². The maximum absolute atomic E-state index is 11.5. The number of nitrogens with one attached hydrogen (secondary N) is 2. The molecule has 6 nitrogen and oxygen atoms in total. The normalized spacial score (nSPS) is 9.93. The van der Waals surface area contributed by atoms with E-state index in [9.17, 15) is 4.79 Å². The fourth-order valence-electron chi connectivity index (χ4n) is 1.09. The highest BCUT2D eigenvalue weighted by atomic mass is 16.2. The molecule has 2 N–H and O–H groups in total. The van der Waals surface area contributed by atoms with Crippen LogP contribution in [0.4, 0.5) is 5.82 Å². The maximum Gasteiger partial charge on any atom is 0.274 e. The molecular weight excluding hydrogens is 194 g/mol. The standard InChI is InChI=1S/C9H9N5O/c1-6-4-8(11-5-10-6)13-9(15)7-2-3-12-14-7/h2-5H,1H3,(H,12,14)(H,10,11,13,15). The monoisotopic (exact) mass is 203 g/mol. The highest BCUT2D eigenvalue weighted by Gasteiger charge is 2.07. The Morgan fingerprint density at radius 1 is 1.47 bits per heavy atom. The summed E-state index contributed by atoms with van der Waals surface area (Å²) in [5.74, 6) is 0.202. The van der Waals surface area contributed by atoms with Crippen molar-refractivity contribution in [1.82, 2.24) is 20.2 Å². The molecule has 0 bridgehead atoms. The Bertz CT molecular complexity index is 465. The Morgan fingerprint density at radius 3 is 3.00 bits per heavy atom. The summed E-state index contributed by atoms with van der Waals surface area (Å²) < 4.78 is 0. The maximum atomic E-state index is 11.5. The lowest BCUT2D eigenvalue weighted by atomic mass is 10.4. The smallest absolute Gasteiger partial charge is 0.274 e. The third kappa shape index (κ3) is 2.16. The minimum atomic E-state index is -0.273. The summed E-state index contributed by atoms with van der Waals surface area (Å²) in [4.78, 5) is 19.4. The van der Waals surface area contributed by atoms with Crippen molar-refractivity contribution in [2.75, 3.05) is 5.32 Å². The summed E-state index contributed by atoms with van der Waals surface area (Å²) in [5.41, 5.74) is 1.19. The second-order valence-corrected chi connectivity index (χ2v) is 2.97. The highest BCUT2D eigenvalue weighted by Crippen LogP contribution is 2.04. The van der Waals surface area contributed by atoms with Gasteiger partial charge in [-0.1, -0.05) is 0 Å². The van der Waals surface area contributed by atoms with Gasteiger partial charge < -0.3 is 5.32 Å². The van der Waals surface area contributed by atoms with Gasteiger partial charge in [-0.2, -0.15) is 5.10 Å². The lowest BCUT2D eigenvalue weighted by Gasteiger charge is -2.01. The zero-order valence-electron chi connectivity index (χ0n) is 8.06. The third-order valence-electron chi connectivity index (χ3n) is 1.79. The second kappa shape index (κ2) is 3.87. The van der Waals surface area contributed by atoms with Gasteiger partial charge in [0.2, 0.25) is 0 Å².